The number of thiophene rings is 4. The van der Waals surface area contributed by atoms with Gasteiger partial charge in [0, 0.05) is 60.4 Å². The summed E-state index contributed by atoms with van der Waals surface area (Å²) in [7, 11) is -0.842. The van der Waals surface area contributed by atoms with Gasteiger partial charge in [-0.1, -0.05) is 182 Å². The van der Waals surface area contributed by atoms with Crippen molar-refractivity contribution in [1.82, 2.24) is 0 Å². The van der Waals surface area contributed by atoms with E-state index < -0.39 is 36.6 Å². The standard InChI is InChI=1S/C62H96B2O4S4/c1-13-17-21-25-27-31-35-45(33-29-23-19-15-3)41-47-37-39-51(69-47)55-49-43-53(63-65-59(5,6)60(7,8)66-63)72-58(49)56(50-44-54(71-57(50)55)64-67-61(9,10)62(11,12)68-64)52-40-38-48(70-52)42-46(34-30-24-20-16-4)36-32-28-26-22-18-14-2/h37-40,43-46H,13-36,41-42H2,1-12H3. The molecule has 0 spiro atoms. The highest BCUT2D eigenvalue weighted by Gasteiger charge is 2.54. The van der Waals surface area contributed by atoms with Crippen LogP contribution in [0.25, 0.3) is 41.1 Å². The Hall–Kier alpha value is -1.49. The second kappa shape index (κ2) is 26.7. The fraction of sp³-hybridized carbons (Fsp3) is 0.710. The van der Waals surface area contributed by atoms with Crippen LogP contribution in [0.4, 0.5) is 0 Å². The molecule has 6 heterocycles. The summed E-state index contributed by atoms with van der Waals surface area (Å²) in [4.78, 5) is 5.78. The summed E-state index contributed by atoms with van der Waals surface area (Å²) < 4.78 is 32.4. The molecule has 2 aliphatic rings. The highest BCUT2D eigenvalue weighted by atomic mass is 32.1. The van der Waals surface area contributed by atoms with E-state index in [1.807, 2.05) is 45.3 Å². The summed E-state index contributed by atoms with van der Waals surface area (Å²) in [6.07, 6.45) is 34.8. The smallest absolute Gasteiger partial charge is 0.399 e. The quantitative estimate of drug-likeness (QED) is 0.0318. The Morgan fingerprint density at radius 3 is 1.00 bits per heavy atom. The highest BCUT2D eigenvalue weighted by Crippen LogP contribution is 2.51. The Morgan fingerprint density at radius 1 is 0.389 bits per heavy atom. The van der Waals surface area contributed by atoms with Crippen molar-refractivity contribution < 1.29 is 18.6 Å². The van der Waals surface area contributed by atoms with Crippen molar-refractivity contribution in [3.8, 4) is 20.9 Å². The molecule has 2 saturated heterocycles. The fourth-order valence-corrected chi connectivity index (χ4v) is 16.0. The summed E-state index contributed by atoms with van der Waals surface area (Å²) in [6, 6.07) is 14.8. The molecule has 0 amide bonds. The zero-order valence-electron chi connectivity index (χ0n) is 47.4. The van der Waals surface area contributed by atoms with Gasteiger partial charge in [-0.05, 0) is 116 Å². The van der Waals surface area contributed by atoms with Crippen LogP contribution in [0, 0.1) is 11.8 Å². The first-order valence-electron chi connectivity index (χ1n) is 29.4. The van der Waals surface area contributed by atoms with Gasteiger partial charge >= 0.3 is 14.2 Å². The minimum atomic E-state index is -0.423. The number of benzene rings is 1. The molecule has 0 aliphatic carbocycles. The van der Waals surface area contributed by atoms with Gasteiger partial charge in [-0.2, -0.15) is 0 Å². The zero-order chi connectivity index (χ0) is 51.5. The molecule has 0 N–H and O–H groups in total. The first-order chi connectivity index (χ1) is 34.5. The van der Waals surface area contributed by atoms with Crippen LogP contribution < -0.4 is 9.55 Å². The summed E-state index contributed by atoms with van der Waals surface area (Å²) >= 11 is 7.86. The van der Waals surface area contributed by atoms with Crippen LogP contribution in [-0.2, 0) is 31.5 Å². The summed E-state index contributed by atoms with van der Waals surface area (Å²) in [5.74, 6) is 1.48. The van der Waals surface area contributed by atoms with E-state index in [-0.39, 0.29) is 0 Å². The second-order valence-electron chi connectivity index (χ2n) is 24.2. The van der Waals surface area contributed by atoms with Crippen LogP contribution in [-0.4, -0.2) is 36.6 Å². The second-order valence-corrected chi connectivity index (χ2v) is 28.7. The molecule has 398 valence electrons. The molecule has 7 rings (SSSR count). The molecule has 72 heavy (non-hydrogen) atoms. The molecule has 5 aromatic rings. The largest absolute Gasteiger partial charge is 0.505 e. The SMILES string of the molecule is CCCCCCCCC(CCCCCC)Cc1ccc(-c2c3cc(B4OC(C)(C)C(C)(C)O4)sc3c(-c3ccc(CC(CCCCCC)CCCCCCCC)s3)c3cc(B4OC(C)(C)C(C)(C)O4)sc23)s1. The lowest BCUT2D eigenvalue weighted by Crippen LogP contribution is -2.41. The maximum absolute atomic E-state index is 6.85. The van der Waals surface area contributed by atoms with Crippen molar-refractivity contribution in [2.45, 2.75) is 272 Å². The van der Waals surface area contributed by atoms with E-state index in [0.717, 1.165) is 21.4 Å². The van der Waals surface area contributed by atoms with Crippen molar-refractivity contribution in [2.24, 2.45) is 11.8 Å². The Kier molecular flexibility index (Phi) is 21.6. The van der Waals surface area contributed by atoms with Crippen molar-refractivity contribution >= 4 is 89.3 Å². The normalized spacial score (nSPS) is 18.1. The minimum absolute atomic E-state index is 0.421. The summed E-state index contributed by atoms with van der Waals surface area (Å²) in [6.45, 7) is 26.7. The average Bonchev–Trinajstić information content (AvgIpc) is 4.20. The highest BCUT2D eigenvalue weighted by molar-refractivity contribution is 7.31. The fourth-order valence-electron chi connectivity index (χ4n) is 11.1. The molecule has 0 saturated carbocycles. The molecule has 2 aliphatic heterocycles. The predicted octanol–water partition coefficient (Wildman–Crippen LogP) is 19.9. The minimum Gasteiger partial charge on any atom is -0.399 e. The maximum atomic E-state index is 6.85. The van der Waals surface area contributed by atoms with E-state index in [0.29, 0.717) is 0 Å². The van der Waals surface area contributed by atoms with Gasteiger partial charge in [0.05, 0.1) is 22.4 Å². The molecule has 1 aromatic carbocycles. The van der Waals surface area contributed by atoms with Crippen LogP contribution in [0.2, 0.25) is 0 Å². The van der Waals surface area contributed by atoms with Gasteiger partial charge < -0.3 is 18.6 Å². The summed E-state index contributed by atoms with van der Waals surface area (Å²) in [5.41, 5.74) is 1.01. The number of rotatable bonds is 32. The molecule has 0 radical (unpaired) electrons. The van der Waals surface area contributed by atoms with Crippen molar-refractivity contribution in [3.63, 3.8) is 0 Å². The van der Waals surface area contributed by atoms with Gasteiger partial charge in [-0.25, -0.2) is 0 Å². The van der Waals surface area contributed by atoms with Crippen LogP contribution >= 0.6 is 45.3 Å². The Balaban J connectivity index is 1.31. The lowest BCUT2D eigenvalue weighted by molar-refractivity contribution is 0.00578. The molecule has 2 unspecified atom stereocenters. The van der Waals surface area contributed by atoms with E-state index in [4.69, 9.17) is 18.6 Å². The molecule has 2 fully saturated rings. The molecule has 2 atom stereocenters. The molecule has 4 nitrogen and oxygen atoms in total. The van der Waals surface area contributed by atoms with Crippen LogP contribution in [0.15, 0.2) is 36.4 Å². The van der Waals surface area contributed by atoms with Gasteiger partial charge in [-0.3, -0.25) is 0 Å². The Morgan fingerprint density at radius 2 is 0.681 bits per heavy atom. The first-order valence-corrected chi connectivity index (χ1v) is 32.7. The van der Waals surface area contributed by atoms with E-state index in [1.54, 1.807) is 0 Å². The van der Waals surface area contributed by atoms with Crippen LogP contribution in [0.5, 0.6) is 0 Å². The van der Waals surface area contributed by atoms with Gasteiger partial charge in [0.25, 0.3) is 0 Å². The third-order valence-corrected chi connectivity index (χ3v) is 21.7. The predicted molar refractivity (Wildman–Crippen MR) is 323 cm³/mol. The van der Waals surface area contributed by atoms with Crippen molar-refractivity contribution in [1.29, 1.82) is 0 Å². The topological polar surface area (TPSA) is 36.9 Å². The first kappa shape index (κ1) is 58.2. The van der Waals surface area contributed by atoms with Crippen LogP contribution in [0.3, 0.4) is 0 Å². The monoisotopic (exact) mass is 1050 g/mol. The van der Waals surface area contributed by atoms with Gasteiger partial charge in [0.15, 0.2) is 0 Å². The van der Waals surface area contributed by atoms with Crippen molar-refractivity contribution in [2.75, 3.05) is 0 Å². The number of fused-ring (bicyclic) bond motifs is 2. The third-order valence-electron chi connectivity index (χ3n) is 17.1. The lowest BCUT2D eigenvalue weighted by Gasteiger charge is -2.32. The molecule has 10 heteroatoms. The molecule has 4 aromatic heterocycles. The van der Waals surface area contributed by atoms with E-state index >= 15 is 0 Å². The third kappa shape index (κ3) is 14.5. The molecule has 0 bridgehead atoms. The number of hydrogen-bond donors (Lipinski definition) is 0. The van der Waals surface area contributed by atoms with Gasteiger partial charge in [-0.15, -0.1) is 45.3 Å². The molecular formula is C62H96B2O4S4. The summed E-state index contributed by atoms with van der Waals surface area (Å²) in [5, 5.41) is 2.64. The van der Waals surface area contributed by atoms with E-state index in [2.05, 4.69) is 119 Å². The Labute approximate surface area is 456 Å². The zero-order valence-corrected chi connectivity index (χ0v) is 50.7. The van der Waals surface area contributed by atoms with E-state index in [1.165, 1.54) is 218 Å². The molecular weight excluding hydrogens is 959 g/mol. The number of unbranched alkanes of at least 4 members (excludes halogenated alkanes) is 16. The van der Waals surface area contributed by atoms with Crippen LogP contribution in [0.1, 0.15) is 247 Å². The average molecular weight is 1060 g/mol. The Bertz CT molecular complexity index is 2170. The number of hydrogen-bond acceptors (Lipinski definition) is 8. The van der Waals surface area contributed by atoms with E-state index in [9.17, 15) is 0 Å². The van der Waals surface area contributed by atoms with Gasteiger partial charge in [0.1, 0.15) is 0 Å². The maximum Gasteiger partial charge on any atom is 0.505 e. The lowest BCUT2D eigenvalue weighted by atomic mass is 9.86. The van der Waals surface area contributed by atoms with Gasteiger partial charge in [0.2, 0.25) is 0 Å². The van der Waals surface area contributed by atoms with Crippen molar-refractivity contribution in [3.05, 3.63) is 46.2 Å².